The van der Waals surface area contributed by atoms with Crippen molar-refractivity contribution in [1.29, 1.82) is 0 Å². The maximum absolute atomic E-state index is 11.9. The predicted molar refractivity (Wildman–Crippen MR) is 61.6 cm³/mol. The number of hydrogen-bond donors (Lipinski definition) is 1. The zero-order valence-electron chi connectivity index (χ0n) is 8.57. The van der Waals surface area contributed by atoms with Gasteiger partial charge in [0.2, 0.25) is 0 Å². The van der Waals surface area contributed by atoms with E-state index in [-0.39, 0.29) is 5.91 Å². The van der Waals surface area contributed by atoms with Crippen LogP contribution < -0.4 is 9.67 Å². The van der Waals surface area contributed by atoms with Gasteiger partial charge in [0, 0.05) is 0 Å². The summed E-state index contributed by atoms with van der Waals surface area (Å²) in [7, 11) is 0. The summed E-state index contributed by atoms with van der Waals surface area (Å²) in [4.78, 5) is 11.9. The molecule has 0 bridgehead atoms. The first-order valence-electron chi connectivity index (χ1n) is 5.36. The number of hydrogen-bond acceptors (Lipinski definition) is 1. The van der Waals surface area contributed by atoms with E-state index in [1.54, 1.807) is 0 Å². The summed E-state index contributed by atoms with van der Waals surface area (Å²) in [6, 6.07) is 8.06. The van der Waals surface area contributed by atoms with Crippen molar-refractivity contribution in [3.05, 3.63) is 29.8 Å². The van der Waals surface area contributed by atoms with Crippen molar-refractivity contribution in [2.24, 2.45) is 0 Å². The second-order valence-corrected chi connectivity index (χ2v) is 4.98. The number of carbonyl (C=O) groups excluding carboxylic acids is 1. The fourth-order valence-corrected chi connectivity index (χ4v) is 2.55. The first-order chi connectivity index (χ1) is 7.27. The van der Waals surface area contributed by atoms with Gasteiger partial charge in [0.05, 0.1) is 0 Å². The molecule has 1 amide bonds. The second-order valence-electron chi connectivity index (χ2n) is 3.97. The van der Waals surface area contributed by atoms with Gasteiger partial charge >= 0.3 is 98.8 Å². The molecule has 1 saturated carbocycles. The van der Waals surface area contributed by atoms with Gasteiger partial charge in [0.25, 0.3) is 0 Å². The number of carbonyl (C=O) groups is 1. The van der Waals surface area contributed by atoms with Crippen LogP contribution in [0.15, 0.2) is 24.3 Å². The molecular formula is C12H14AsNO. The van der Waals surface area contributed by atoms with E-state index in [1.165, 1.54) is 12.8 Å². The summed E-state index contributed by atoms with van der Waals surface area (Å²) < 4.78 is 0.987. The van der Waals surface area contributed by atoms with E-state index >= 15 is 0 Å². The normalized spacial score (nSPS) is 16.6. The third kappa shape index (κ3) is 2.63. The number of benzene rings is 1. The van der Waals surface area contributed by atoms with Crippen LogP contribution in [0.4, 0.5) is 0 Å². The van der Waals surface area contributed by atoms with Gasteiger partial charge in [-0.1, -0.05) is 0 Å². The fraction of sp³-hybridized carbons (Fsp3) is 0.417. The number of rotatable bonds is 2. The van der Waals surface area contributed by atoms with E-state index in [0.717, 1.165) is 22.8 Å². The predicted octanol–water partition coefficient (Wildman–Crippen LogP) is 1.15. The summed E-state index contributed by atoms with van der Waals surface area (Å²) in [6.45, 7) is 0. The average Bonchev–Trinajstić information content (AvgIpc) is 2.71. The van der Waals surface area contributed by atoms with Gasteiger partial charge in [0.1, 0.15) is 0 Å². The van der Waals surface area contributed by atoms with Crippen molar-refractivity contribution in [2.75, 3.05) is 0 Å². The van der Waals surface area contributed by atoms with Crippen molar-refractivity contribution < 1.29 is 4.79 Å². The molecular weight excluding hydrogens is 249 g/mol. The van der Waals surface area contributed by atoms with E-state index in [1.807, 2.05) is 24.3 Å². The van der Waals surface area contributed by atoms with Gasteiger partial charge in [-0.3, -0.25) is 0 Å². The fourth-order valence-electron chi connectivity index (χ4n) is 2.00. The Morgan fingerprint density at radius 3 is 2.60 bits per heavy atom. The molecule has 2 rings (SSSR count). The molecule has 1 aromatic carbocycles. The van der Waals surface area contributed by atoms with E-state index in [9.17, 15) is 4.79 Å². The molecule has 0 aliphatic heterocycles. The Labute approximate surface area is 98.9 Å². The molecule has 0 aromatic heterocycles. The zero-order chi connectivity index (χ0) is 10.7. The molecule has 78 valence electrons. The van der Waals surface area contributed by atoms with Crippen molar-refractivity contribution in [3.8, 4) is 0 Å². The van der Waals surface area contributed by atoms with Crippen LogP contribution in [-0.4, -0.2) is 28.8 Å². The van der Waals surface area contributed by atoms with E-state index < -0.39 is 0 Å². The van der Waals surface area contributed by atoms with Crippen LogP contribution in [0.1, 0.15) is 36.0 Å². The molecule has 2 radical (unpaired) electrons. The van der Waals surface area contributed by atoms with Crippen LogP contribution in [0.5, 0.6) is 0 Å². The van der Waals surface area contributed by atoms with Crippen LogP contribution in [0.3, 0.4) is 0 Å². The summed E-state index contributed by atoms with van der Waals surface area (Å²) in [5.74, 6) is 0.0677. The molecule has 1 aliphatic carbocycles. The van der Waals surface area contributed by atoms with Crippen LogP contribution in [0.2, 0.25) is 0 Å². The SMILES string of the molecule is O=C(NC1CCCC1)c1ccccc1[As]. The minimum atomic E-state index is 0.0677. The number of amides is 1. The third-order valence-corrected chi connectivity index (χ3v) is 3.66. The van der Waals surface area contributed by atoms with E-state index in [2.05, 4.69) is 22.2 Å². The van der Waals surface area contributed by atoms with Gasteiger partial charge in [-0.15, -0.1) is 0 Å². The summed E-state index contributed by atoms with van der Waals surface area (Å²) >= 11 is 2.45. The standard InChI is InChI=1S/C12H14AsNO/c13-11-8-4-3-7-10(11)12(15)14-9-5-1-2-6-9/h3-4,7-9H,1-2,5-6H2,(H,14,15). The minimum absolute atomic E-state index is 0.0677. The molecule has 1 fully saturated rings. The van der Waals surface area contributed by atoms with Crippen LogP contribution in [0.25, 0.3) is 0 Å². The second kappa shape index (κ2) is 4.85. The molecule has 2 nitrogen and oxygen atoms in total. The van der Waals surface area contributed by atoms with Crippen molar-refractivity contribution in [1.82, 2.24) is 5.32 Å². The Kier molecular flexibility index (Phi) is 3.48. The Hall–Kier alpha value is -0.752. The van der Waals surface area contributed by atoms with Crippen molar-refractivity contribution in [2.45, 2.75) is 31.7 Å². The number of nitrogens with one attached hydrogen (secondary N) is 1. The molecule has 0 saturated heterocycles. The van der Waals surface area contributed by atoms with Crippen LogP contribution in [0, 0.1) is 0 Å². The zero-order valence-corrected chi connectivity index (χ0v) is 10.4. The third-order valence-electron chi connectivity index (χ3n) is 2.84. The Morgan fingerprint density at radius 2 is 1.93 bits per heavy atom. The molecule has 0 atom stereocenters. The van der Waals surface area contributed by atoms with Crippen molar-refractivity contribution >= 4 is 27.1 Å². The molecule has 0 unspecified atom stereocenters. The van der Waals surface area contributed by atoms with Gasteiger partial charge in [-0.25, -0.2) is 0 Å². The van der Waals surface area contributed by atoms with Gasteiger partial charge in [-0.05, 0) is 0 Å². The molecule has 3 heteroatoms. The summed E-state index contributed by atoms with van der Waals surface area (Å²) in [5, 5.41) is 3.09. The quantitative estimate of drug-likeness (QED) is 0.797. The Balaban J connectivity index is 2.04. The van der Waals surface area contributed by atoms with Gasteiger partial charge in [0.15, 0.2) is 0 Å². The topological polar surface area (TPSA) is 29.1 Å². The van der Waals surface area contributed by atoms with E-state index in [4.69, 9.17) is 0 Å². The monoisotopic (exact) mass is 263 g/mol. The molecule has 0 spiro atoms. The Morgan fingerprint density at radius 1 is 1.27 bits per heavy atom. The first-order valence-corrected chi connectivity index (χ1v) is 6.30. The molecule has 1 aromatic rings. The Bertz CT molecular complexity index is 358. The van der Waals surface area contributed by atoms with Gasteiger partial charge < -0.3 is 0 Å². The van der Waals surface area contributed by atoms with Crippen LogP contribution >= 0.6 is 0 Å². The van der Waals surface area contributed by atoms with Crippen LogP contribution in [-0.2, 0) is 0 Å². The molecule has 1 aliphatic rings. The summed E-state index contributed by atoms with van der Waals surface area (Å²) in [5.41, 5.74) is 0.782. The molecule has 15 heavy (non-hydrogen) atoms. The van der Waals surface area contributed by atoms with Crippen molar-refractivity contribution in [3.63, 3.8) is 0 Å². The average molecular weight is 263 g/mol. The first kappa shape index (κ1) is 10.8. The molecule has 0 heterocycles. The molecule has 1 N–H and O–H groups in total. The van der Waals surface area contributed by atoms with Gasteiger partial charge in [-0.2, -0.15) is 0 Å². The maximum atomic E-state index is 11.9. The van der Waals surface area contributed by atoms with E-state index in [0.29, 0.717) is 6.04 Å². The summed E-state index contributed by atoms with van der Waals surface area (Å²) in [6.07, 6.45) is 4.75.